The molecule has 0 aliphatic heterocycles. The topological polar surface area (TPSA) is 92.3 Å². The Morgan fingerprint density at radius 3 is 2.65 bits per heavy atom. The highest BCUT2D eigenvalue weighted by atomic mass is 35.5. The van der Waals surface area contributed by atoms with Crippen molar-refractivity contribution in [1.82, 2.24) is 9.97 Å². The van der Waals surface area contributed by atoms with E-state index in [1.807, 2.05) is 0 Å². The number of ether oxygens (including phenoxy) is 1. The van der Waals surface area contributed by atoms with Crippen molar-refractivity contribution in [3.8, 4) is 5.88 Å². The van der Waals surface area contributed by atoms with Crippen LogP contribution in [0.5, 0.6) is 5.88 Å². The van der Waals surface area contributed by atoms with Crippen molar-refractivity contribution >= 4 is 40.4 Å². The fourth-order valence-electron chi connectivity index (χ4n) is 1.22. The number of carbonyl (C=O) groups is 1. The van der Waals surface area contributed by atoms with Crippen LogP contribution in [0.3, 0.4) is 0 Å². The number of nitrogens with zero attached hydrogens (tertiary/aromatic N) is 1. The van der Waals surface area contributed by atoms with Crippen molar-refractivity contribution in [2.45, 2.75) is 0 Å². The normalized spacial score (nSPS) is 10.5. The van der Waals surface area contributed by atoms with Crippen LogP contribution in [-0.4, -0.2) is 21.2 Å². The van der Waals surface area contributed by atoms with Crippen LogP contribution in [0.2, 0.25) is 10.0 Å². The predicted octanol–water partition coefficient (Wildman–Crippen LogP) is 2.29. The van der Waals surface area contributed by atoms with E-state index < -0.39 is 17.6 Å². The lowest BCUT2D eigenvalue weighted by atomic mass is 10.3. The maximum atomic E-state index is 11.4. The Morgan fingerprint density at radius 1 is 1.35 bits per heavy atom. The first-order chi connectivity index (χ1) is 7.97. The van der Waals surface area contributed by atoms with Crippen molar-refractivity contribution in [3.05, 3.63) is 32.5 Å². The molecule has 6 nitrogen and oxygen atoms in total. The lowest BCUT2D eigenvalue weighted by Crippen LogP contribution is -2.16. The average molecular weight is 275 g/mol. The highest BCUT2D eigenvalue weighted by Crippen LogP contribution is 2.25. The molecule has 0 unspecified atom stereocenters. The minimum atomic E-state index is -1.62. The molecule has 0 aliphatic rings. The van der Waals surface area contributed by atoms with Crippen molar-refractivity contribution in [2.24, 2.45) is 0 Å². The molecular formula is C9H4Cl2N2O4. The van der Waals surface area contributed by atoms with Gasteiger partial charge in [-0.1, -0.05) is 23.2 Å². The number of rotatable bonds is 1. The number of halogens is 2. The molecule has 0 amide bonds. The molecule has 0 saturated heterocycles. The zero-order valence-corrected chi connectivity index (χ0v) is 9.54. The van der Waals surface area contributed by atoms with E-state index in [-0.39, 0.29) is 15.6 Å². The molecule has 2 rings (SSSR count). The van der Waals surface area contributed by atoms with Crippen LogP contribution in [-0.2, 0) is 0 Å². The van der Waals surface area contributed by atoms with Crippen LogP contribution < -0.4 is 10.3 Å². The van der Waals surface area contributed by atoms with Gasteiger partial charge in [0.25, 0.3) is 5.88 Å². The van der Waals surface area contributed by atoms with Crippen LogP contribution in [0, 0.1) is 0 Å². The third-order valence-corrected chi connectivity index (χ3v) is 2.61. The van der Waals surface area contributed by atoms with Crippen molar-refractivity contribution in [1.29, 1.82) is 0 Å². The first-order valence-electron chi connectivity index (χ1n) is 4.27. The standard InChI is InChI=1S/C9H4Cl2N2O4/c10-3-1-5-6(2-4(3)11)13-8(7(14)12-5)17-9(15)16/h1-2H,(H,12,14)(H,15,16). The largest absolute Gasteiger partial charge is 0.512 e. The van der Waals surface area contributed by atoms with Gasteiger partial charge in [-0.15, -0.1) is 0 Å². The summed E-state index contributed by atoms with van der Waals surface area (Å²) in [6.45, 7) is 0. The Kier molecular flexibility index (Phi) is 2.91. The molecule has 0 atom stereocenters. The average Bonchev–Trinajstić information content (AvgIpc) is 2.22. The lowest BCUT2D eigenvalue weighted by Gasteiger charge is -2.02. The molecule has 8 heteroatoms. The van der Waals surface area contributed by atoms with Crippen LogP contribution in [0.15, 0.2) is 16.9 Å². The van der Waals surface area contributed by atoms with Gasteiger partial charge in [0.1, 0.15) is 0 Å². The summed E-state index contributed by atoms with van der Waals surface area (Å²) in [6, 6.07) is 2.81. The summed E-state index contributed by atoms with van der Waals surface area (Å²) in [5, 5.41) is 8.89. The van der Waals surface area contributed by atoms with Gasteiger partial charge >= 0.3 is 11.7 Å². The van der Waals surface area contributed by atoms with Crippen LogP contribution >= 0.6 is 23.2 Å². The van der Waals surface area contributed by atoms with E-state index in [1.54, 1.807) is 0 Å². The molecular weight excluding hydrogens is 271 g/mol. The van der Waals surface area contributed by atoms with Gasteiger partial charge in [0.2, 0.25) is 0 Å². The smallest absolute Gasteiger partial charge is 0.449 e. The molecule has 0 radical (unpaired) electrons. The van der Waals surface area contributed by atoms with Crippen molar-refractivity contribution in [3.63, 3.8) is 0 Å². The van der Waals surface area contributed by atoms with Gasteiger partial charge in [-0.05, 0) is 12.1 Å². The quantitative estimate of drug-likeness (QED) is 0.779. The van der Waals surface area contributed by atoms with Gasteiger partial charge in [0.05, 0.1) is 21.1 Å². The van der Waals surface area contributed by atoms with Gasteiger partial charge in [-0.2, -0.15) is 0 Å². The maximum Gasteiger partial charge on any atom is 0.512 e. The van der Waals surface area contributed by atoms with Crippen molar-refractivity contribution < 1.29 is 14.6 Å². The molecule has 0 saturated carbocycles. The number of hydrogen-bond donors (Lipinski definition) is 2. The minimum Gasteiger partial charge on any atom is -0.449 e. The molecule has 0 bridgehead atoms. The van der Waals surface area contributed by atoms with E-state index in [0.29, 0.717) is 5.52 Å². The maximum absolute atomic E-state index is 11.4. The van der Waals surface area contributed by atoms with E-state index in [2.05, 4.69) is 14.7 Å². The molecule has 1 heterocycles. The fourth-order valence-corrected chi connectivity index (χ4v) is 1.54. The molecule has 0 spiro atoms. The van der Waals surface area contributed by atoms with Gasteiger partial charge in [0, 0.05) is 0 Å². The number of H-pyrrole nitrogens is 1. The fraction of sp³-hybridized carbons (Fsp3) is 0. The molecule has 2 N–H and O–H groups in total. The van der Waals surface area contributed by atoms with E-state index in [9.17, 15) is 9.59 Å². The second kappa shape index (κ2) is 4.23. The lowest BCUT2D eigenvalue weighted by molar-refractivity contribution is 0.142. The number of fused-ring (bicyclic) bond motifs is 1. The van der Waals surface area contributed by atoms with E-state index in [1.165, 1.54) is 12.1 Å². The second-order valence-corrected chi connectivity index (χ2v) is 3.84. The van der Waals surface area contributed by atoms with Crippen LogP contribution in [0.25, 0.3) is 11.0 Å². The third-order valence-electron chi connectivity index (χ3n) is 1.89. The molecule has 1 aromatic heterocycles. The monoisotopic (exact) mass is 274 g/mol. The zero-order valence-electron chi connectivity index (χ0n) is 8.03. The Balaban J connectivity index is 2.67. The summed E-state index contributed by atoms with van der Waals surface area (Å²) in [4.78, 5) is 27.8. The highest BCUT2D eigenvalue weighted by Gasteiger charge is 2.11. The second-order valence-electron chi connectivity index (χ2n) is 3.02. The molecule has 0 aliphatic carbocycles. The van der Waals surface area contributed by atoms with E-state index in [0.717, 1.165) is 0 Å². The number of aromatic amines is 1. The first-order valence-corrected chi connectivity index (χ1v) is 5.03. The third kappa shape index (κ3) is 2.32. The van der Waals surface area contributed by atoms with E-state index >= 15 is 0 Å². The number of carboxylic acid groups (broad SMARTS) is 1. The summed E-state index contributed by atoms with van der Waals surface area (Å²) < 4.78 is 4.21. The van der Waals surface area contributed by atoms with Gasteiger partial charge < -0.3 is 14.8 Å². The molecule has 17 heavy (non-hydrogen) atoms. The zero-order chi connectivity index (χ0) is 12.6. The Labute approximate surface area is 104 Å². The van der Waals surface area contributed by atoms with E-state index in [4.69, 9.17) is 28.3 Å². The number of hydrogen-bond acceptors (Lipinski definition) is 4. The van der Waals surface area contributed by atoms with Gasteiger partial charge in [-0.3, -0.25) is 4.79 Å². The van der Waals surface area contributed by atoms with Crippen molar-refractivity contribution in [2.75, 3.05) is 0 Å². The van der Waals surface area contributed by atoms with Crippen LogP contribution in [0.4, 0.5) is 4.79 Å². The Hall–Kier alpha value is -1.79. The summed E-state index contributed by atoms with van der Waals surface area (Å²) in [6.07, 6.45) is -1.62. The van der Waals surface area contributed by atoms with Crippen LogP contribution in [0.1, 0.15) is 0 Å². The summed E-state index contributed by atoms with van der Waals surface area (Å²) in [7, 11) is 0. The number of benzene rings is 1. The SMILES string of the molecule is O=C(O)Oc1nc2cc(Cl)c(Cl)cc2[nH]c1=O. The Morgan fingerprint density at radius 2 is 2.00 bits per heavy atom. The molecule has 1 aromatic carbocycles. The molecule has 2 aromatic rings. The summed E-state index contributed by atoms with van der Waals surface area (Å²) >= 11 is 11.5. The minimum absolute atomic E-state index is 0.236. The predicted molar refractivity (Wildman–Crippen MR) is 61.0 cm³/mol. The first kappa shape index (κ1) is 11.7. The molecule has 88 valence electrons. The summed E-state index contributed by atoms with van der Waals surface area (Å²) in [5.74, 6) is -0.566. The molecule has 0 fully saturated rings. The van der Waals surface area contributed by atoms with Gasteiger partial charge in [-0.25, -0.2) is 9.78 Å². The van der Waals surface area contributed by atoms with Gasteiger partial charge in [0.15, 0.2) is 0 Å². The summed E-state index contributed by atoms with van der Waals surface area (Å²) in [5.41, 5.74) is -0.157. The highest BCUT2D eigenvalue weighted by molar-refractivity contribution is 6.42. The number of aromatic nitrogens is 2. The Bertz CT molecular complexity index is 668. The number of nitrogens with one attached hydrogen (secondary N) is 1.